The summed E-state index contributed by atoms with van der Waals surface area (Å²) in [4.78, 5) is 0. The third-order valence-corrected chi connectivity index (χ3v) is 0.652. The van der Waals surface area contributed by atoms with Crippen molar-refractivity contribution in [1.82, 2.24) is 0 Å². The van der Waals surface area contributed by atoms with E-state index in [9.17, 15) is 13.2 Å². The van der Waals surface area contributed by atoms with Crippen LogP contribution in [0.25, 0.3) is 0 Å². The summed E-state index contributed by atoms with van der Waals surface area (Å²) in [6.07, 6.45) is -5.49. The Kier molecular flexibility index (Phi) is 9.25. The van der Waals surface area contributed by atoms with Gasteiger partial charge in [-0.1, -0.05) is 0 Å². The van der Waals surface area contributed by atoms with Gasteiger partial charge in [-0.3, -0.25) is 0 Å². The monoisotopic (exact) mass is 198 g/mol. The molecule has 3 nitrogen and oxygen atoms in total. The van der Waals surface area contributed by atoms with Gasteiger partial charge in [-0.2, -0.15) is 13.2 Å². The predicted octanol–water partition coefficient (Wildman–Crippen LogP) is -0.724. The van der Waals surface area contributed by atoms with Crippen LogP contribution in [0.15, 0.2) is 0 Å². The zero-order valence-corrected chi connectivity index (χ0v) is 4.93. The molecule has 0 amide bonds. The third-order valence-electron chi connectivity index (χ3n) is 0.652. The fourth-order valence-electron chi connectivity index (χ4n) is 0.280. The first-order chi connectivity index (χ1) is 4.42. The van der Waals surface area contributed by atoms with Crippen molar-refractivity contribution in [1.29, 1.82) is 0 Å². The Balaban J connectivity index is 0. The van der Waals surface area contributed by atoms with Gasteiger partial charge >= 0.3 is 64.9 Å². The molecule has 0 unspecified atom stereocenters. The number of rotatable bonds is 3. The van der Waals surface area contributed by atoms with E-state index in [4.69, 9.17) is 10.0 Å². The molecule has 0 radical (unpaired) electrons. The maximum absolute atomic E-state index is 11.3. The van der Waals surface area contributed by atoms with Crippen molar-refractivity contribution in [3.63, 3.8) is 0 Å². The molecule has 8 heteroatoms. The molecule has 0 bridgehead atoms. The van der Waals surface area contributed by atoms with Crippen LogP contribution >= 0.6 is 0 Å². The quantitative estimate of drug-likeness (QED) is 0.588. The van der Waals surface area contributed by atoms with Gasteiger partial charge in [0.25, 0.3) is 0 Å². The van der Waals surface area contributed by atoms with Crippen LogP contribution in [-0.4, -0.2) is 81.5 Å². The molecule has 0 aromatic carbocycles. The van der Waals surface area contributed by atoms with E-state index >= 15 is 0 Å². The molecule has 0 rings (SSSR count). The van der Waals surface area contributed by atoms with E-state index in [2.05, 4.69) is 4.65 Å². The molecule has 0 saturated heterocycles. The summed E-state index contributed by atoms with van der Waals surface area (Å²) in [7, 11) is -2.12. The van der Waals surface area contributed by atoms with E-state index < -0.39 is 26.5 Å². The fraction of sp³-hybridized carbons (Fsp3) is 1.00. The minimum absolute atomic E-state index is 0. The molecule has 0 aliphatic carbocycles. The van der Waals surface area contributed by atoms with E-state index in [0.29, 0.717) is 0 Å². The summed E-state index contributed by atoms with van der Waals surface area (Å²) in [5.41, 5.74) is 0. The van der Waals surface area contributed by atoms with E-state index in [0.717, 1.165) is 0 Å². The molecule has 0 fully saturated rings. The van der Waals surface area contributed by atoms with E-state index in [1.165, 1.54) is 0 Å². The van der Waals surface area contributed by atoms with Crippen molar-refractivity contribution in [2.75, 3.05) is 6.61 Å². The van der Waals surface area contributed by atoms with Gasteiger partial charge in [0.15, 0.2) is 0 Å². The standard InChI is InChI=1S/C3H6BF3O3.K.H/c5-3(6,7)1-2-10-4(8)9;;/h8-9H,1-2H2;;. The Hall–Kier alpha value is 1.37. The van der Waals surface area contributed by atoms with Crippen LogP contribution in [0.4, 0.5) is 13.2 Å². The molecule has 0 aliphatic heterocycles. The average Bonchev–Trinajstić information content (AvgIpc) is 1.59. The molecular weight excluding hydrogens is 191 g/mol. The molecular formula is C3H7BF3KO3. The van der Waals surface area contributed by atoms with Gasteiger partial charge in [-0.05, 0) is 0 Å². The Morgan fingerprint density at radius 2 is 1.73 bits per heavy atom. The molecule has 0 aliphatic rings. The number of alkyl halides is 3. The van der Waals surface area contributed by atoms with Crippen LogP contribution in [0.3, 0.4) is 0 Å². The van der Waals surface area contributed by atoms with Gasteiger partial charge in [0.2, 0.25) is 0 Å². The first-order valence-electron chi connectivity index (χ1n) is 2.46. The van der Waals surface area contributed by atoms with Gasteiger partial charge in [0, 0.05) is 6.61 Å². The van der Waals surface area contributed by atoms with Crippen molar-refractivity contribution in [3.8, 4) is 0 Å². The Morgan fingerprint density at radius 1 is 1.27 bits per heavy atom. The molecule has 0 heterocycles. The minimum atomic E-state index is -4.31. The second kappa shape index (κ2) is 6.84. The van der Waals surface area contributed by atoms with Gasteiger partial charge in [0.05, 0.1) is 6.42 Å². The van der Waals surface area contributed by atoms with E-state index in [1.54, 1.807) is 0 Å². The second-order valence-electron chi connectivity index (χ2n) is 1.56. The normalized spacial score (nSPS) is 10.6. The van der Waals surface area contributed by atoms with Crippen molar-refractivity contribution in [2.24, 2.45) is 0 Å². The molecule has 0 saturated carbocycles. The number of halogens is 3. The third kappa shape index (κ3) is 14.3. The van der Waals surface area contributed by atoms with Gasteiger partial charge in [-0.25, -0.2) is 0 Å². The first kappa shape index (κ1) is 14.9. The molecule has 62 valence electrons. The van der Waals surface area contributed by atoms with Gasteiger partial charge < -0.3 is 14.7 Å². The summed E-state index contributed by atoms with van der Waals surface area (Å²) in [5, 5.41) is 15.8. The van der Waals surface area contributed by atoms with Crippen molar-refractivity contribution in [2.45, 2.75) is 12.6 Å². The summed E-state index contributed by atoms with van der Waals surface area (Å²) in [5.74, 6) is 0. The van der Waals surface area contributed by atoms with Crippen LogP contribution < -0.4 is 0 Å². The SMILES string of the molecule is OB(O)OCCC(F)(F)F.[KH]. The van der Waals surface area contributed by atoms with Crippen LogP contribution in [0.1, 0.15) is 6.42 Å². The molecule has 0 spiro atoms. The zero-order valence-electron chi connectivity index (χ0n) is 4.93. The Morgan fingerprint density at radius 3 is 2.00 bits per heavy atom. The topological polar surface area (TPSA) is 49.7 Å². The summed E-state index contributed by atoms with van der Waals surface area (Å²) in [6.45, 7) is -0.735. The Bertz CT molecular complexity index is 98.3. The van der Waals surface area contributed by atoms with Crippen LogP contribution in [0, 0.1) is 0 Å². The van der Waals surface area contributed by atoms with E-state index in [-0.39, 0.29) is 51.4 Å². The van der Waals surface area contributed by atoms with Crippen molar-refractivity contribution >= 4 is 58.7 Å². The Labute approximate surface area is 105 Å². The zero-order chi connectivity index (χ0) is 8.20. The summed E-state index contributed by atoms with van der Waals surface area (Å²) < 4.78 is 37.6. The number of hydrogen-bond donors (Lipinski definition) is 2. The average molecular weight is 198 g/mol. The molecule has 11 heavy (non-hydrogen) atoms. The van der Waals surface area contributed by atoms with Crippen molar-refractivity contribution in [3.05, 3.63) is 0 Å². The fourth-order valence-corrected chi connectivity index (χ4v) is 0.280. The van der Waals surface area contributed by atoms with E-state index in [1.807, 2.05) is 0 Å². The molecule has 0 aromatic heterocycles. The van der Waals surface area contributed by atoms with Gasteiger partial charge in [-0.15, -0.1) is 0 Å². The van der Waals surface area contributed by atoms with Gasteiger partial charge in [0.1, 0.15) is 0 Å². The first-order valence-corrected chi connectivity index (χ1v) is 2.46. The maximum atomic E-state index is 11.3. The summed E-state index contributed by atoms with van der Waals surface area (Å²) >= 11 is 0. The van der Waals surface area contributed by atoms with Crippen molar-refractivity contribution < 1.29 is 27.9 Å². The van der Waals surface area contributed by atoms with Crippen LogP contribution in [0.2, 0.25) is 0 Å². The second-order valence-corrected chi connectivity index (χ2v) is 1.56. The molecule has 2 N–H and O–H groups in total. The molecule has 0 atom stereocenters. The molecule has 0 aromatic rings. The van der Waals surface area contributed by atoms with Crippen LogP contribution in [0.5, 0.6) is 0 Å². The predicted molar refractivity (Wildman–Crippen MR) is 34.0 cm³/mol. The van der Waals surface area contributed by atoms with Crippen LogP contribution in [-0.2, 0) is 4.65 Å². The summed E-state index contributed by atoms with van der Waals surface area (Å²) in [6, 6.07) is 0. The number of hydrogen-bond acceptors (Lipinski definition) is 3.